The number of hydrogen-bond donors (Lipinski definition) is 2. The van der Waals surface area contributed by atoms with E-state index in [1.165, 1.54) is 0 Å². The third-order valence-corrected chi connectivity index (χ3v) is 3.34. The van der Waals surface area contributed by atoms with Crippen LogP contribution < -0.4 is 10.6 Å². The highest BCUT2D eigenvalue weighted by molar-refractivity contribution is 9.10. The van der Waals surface area contributed by atoms with Crippen molar-refractivity contribution in [3.8, 4) is 0 Å². The predicted molar refractivity (Wildman–Crippen MR) is 85.7 cm³/mol. The predicted octanol–water partition coefficient (Wildman–Crippen LogP) is 3.35. The molecule has 0 atom stereocenters. The number of carbonyl (C=O) groups is 1. The zero-order chi connectivity index (χ0) is 14.4. The zero-order valence-electron chi connectivity index (χ0n) is 11.3. The van der Waals surface area contributed by atoms with Crippen molar-refractivity contribution in [2.75, 3.05) is 12.4 Å². The van der Waals surface area contributed by atoms with E-state index in [0.29, 0.717) is 6.42 Å². The van der Waals surface area contributed by atoms with Crippen molar-refractivity contribution < 1.29 is 4.79 Å². The highest BCUT2D eigenvalue weighted by Gasteiger charge is 2.05. The van der Waals surface area contributed by atoms with Gasteiger partial charge in [-0.15, -0.1) is 0 Å². The van der Waals surface area contributed by atoms with E-state index in [1.54, 1.807) is 0 Å². The topological polar surface area (TPSA) is 41.1 Å². The van der Waals surface area contributed by atoms with Crippen LogP contribution in [0.25, 0.3) is 0 Å². The summed E-state index contributed by atoms with van der Waals surface area (Å²) in [5.74, 6) is -0.00953. The first-order chi connectivity index (χ1) is 9.67. The minimum absolute atomic E-state index is 0.00953. The Balaban J connectivity index is 1.99. The summed E-state index contributed by atoms with van der Waals surface area (Å²) in [6, 6.07) is 15.6. The van der Waals surface area contributed by atoms with Crippen LogP contribution in [0.15, 0.2) is 53.0 Å². The zero-order valence-corrected chi connectivity index (χ0v) is 12.9. The van der Waals surface area contributed by atoms with Crippen molar-refractivity contribution in [1.82, 2.24) is 5.32 Å². The number of benzene rings is 2. The van der Waals surface area contributed by atoms with Gasteiger partial charge < -0.3 is 10.6 Å². The van der Waals surface area contributed by atoms with Crippen LogP contribution in [0, 0.1) is 0 Å². The van der Waals surface area contributed by atoms with Crippen molar-refractivity contribution in [3.05, 3.63) is 64.1 Å². The maximum atomic E-state index is 12.0. The van der Waals surface area contributed by atoms with Crippen LogP contribution in [0.4, 0.5) is 5.69 Å². The molecule has 2 N–H and O–H groups in total. The second-order valence-corrected chi connectivity index (χ2v) is 5.50. The molecule has 0 unspecified atom stereocenters. The molecule has 3 nitrogen and oxygen atoms in total. The molecule has 104 valence electrons. The van der Waals surface area contributed by atoms with Crippen LogP contribution >= 0.6 is 15.9 Å². The molecule has 2 rings (SSSR count). The lowest BCUT2D eigenvalue weighted by molar-refractivity contribution is -0.115. The lowest BCUT2D eigenvalue weighted by atomic mass is 10.1. The Morgan fingerprint density at radius 1 is 1.10 bits per heavy atom. The van der Waals surface area contributed by atoms with Crippen LogP contribution in [0.1, 0.15) is 11.1 Å². The molecule has 0 bridgehead atoms. The summed E-state index contributed by atoms with van der Waals surface area (Å²) in [5.41, 5.74) is 2.97. The Hall–Kier alpha value is -1.65. The van der Waals surface area contributed by atoms with E-state index in [0.717, 1.165) is 27.8 Å². The third kappa shape index (κ3) is 4.47. The first-order valence-electron chi connectivity index (χ1n) is 6.45. The standard InChI is InChI=1S/C16H17BrN2O/c1-18-11-13-5-3-7-15(9-13)19-16(20)10-12-4-2-6-14(17)8-12/h2-9,18H,10-11H2,1H3,(H,19,20). The van der Waals surface area contributed by atoms with Crippen molar-refractivity contribution in [1.29, 1.82) is 0 Å². The van der Waals surface area contributed by atoms with E-state index in [-0.39, 0.29) is 5.91 Å². The average Bonchev–Trinajstić information content (AvgIpc) is 2.39. The van der Waals surface area contributed by atoms with Gasteiger partial charge in [0, 0.05) is 16.7 Å². The SMILES string of the molecule is CNCc1cccc(NC(=O)Cc2cccc(Br)c2)c1. The van der Waals surface area contributed by atoms with E-state index in [2.05, 4.69) is 26.6 Å². The van der Waals surface area contributed by atoms with Gasteiger partial charge in [-0.3, -0.25) is 4.79 Å². The van der Waals surface area contributed by atoms with Crippen LogP contribution in [0.2, 0.25) is 0 Å². The number of hydrogen-bond acceptors (Lipinski definition) is 2. The fraction of sp³-hybridized carbons (Fsp3) is 0.188. The average molecular weight is 333 g/mol. The molecule has 0 aromatic heterocycles. The first kappa shape index (κ1) is 14.8. The summed E-state index contributed by atoms with van der Waals surface area (Å²) in [6.45, 7) is 0.787. The Morgan fingerprint density at radius 3 is 2.60 bits per heavy atom. The molecule has 0 fully saturated rings. The smallest absolute Gasteiger partial charge is 0.228 e. The van der Waals surface area contributed by atoms with Gasteiger partial charge in [0.15, 0.2) is 0 Å². The van der Waals surface area contributed by atoms with Gasteiger partial charge in [-0.05, 0) is 42.4 Å². The molecule has 2 aromatic carbocycles. The fourth-order valence-corrected chi connectivity index (χ4v) is 2.45. The van der Waals surface area contributed by atoms with Gasteiger partial charge in [-0.2, -0.15) is 0 Å². The second kappa shape index (κ2) is 7.22. The molecule has 4 heteroatoms. The maximum absolute atomic E-state index is 12.0. The monoisotopic (exact) mass is 332 g/mol. The van der Waals surface area contributed by atoms with Gasteiger partial charge in [-0.1, -0.05) is 40.2 Å². The molecule has 20 heavy (non-hydrogen) atoms. The van der Waals surface area contributed by atoms with E-state index in [9.17, 15) is 4.79 Å². The van der Waals surface area contributed by atoms with Gasteiger partial charge in [-0.25, -0.2) is 0 Å². The molecule has 1 amide bonds. The van der Waals surface area contributed by atoms with Crippen LogP contribution in [-0.4, -0.2) is 13.0 Å². The number of amides is 1. The fourth-order valence-electron chi connectivity index (χ4n) is 2.00. The molecule has 0 saturated carbocycles. The number of rotatable bonds is 5. The molecule has 0 aliphatic heterocycles. The lowest BCUT2D eigenvalue weighted by Crippen LogP contribution is -2.14. The van der Waals surface area contributed by atoms with Crippen molar-refractivity contribution in [3.63, 3.8) is 0 Å². The van der Waals surface area contributed by atoms with Crippen molar-refractivity contribution in [2.45, 2.75) is 13.0 Å². The van der Waals surface area contributed by atoms with E-state index >= 15 is 0 Å². The summed E-state index contributed by atoms with van der Waals surface area (Å²) in [5, 5.41) is 6.02. The third-order valence-electron chi connectivity index (χ3n) is 2.85. The molecule has 0 radical (unpaired) electrons. The van der Waals surface area contributed by atoms with E-state index in [1.807, 2.05) is 55.6 Å². The lowest BCUT2D eigenvalue weighted by Gasteiger charge is -2.07. The highest BCUT2D eigenvalue weighted by atomic mass is 79.9. The quantitative estimate of drug-likeness (QED) is 0.881. The Kier molecular flexibility index (Phi) is 5.32. The van der Waals surface area contributed by atoms with E-state index < -0.39 is 0 Å². The molecule has 0 aliphatic carbocycles. The van der Waals surface area contributed by atoms with Crippen molar-refractivity contribution >= 4 is 27.5 Å². The molecular formula is C16H17BrN2O. The number of anilines is 1. The van der Waals surface area contributed by atoms with Crippen LogP contribution in [0.3, 0.4) is 0 Å². The molecule has 0 spiro atoms. The van der Waals surface area contributed by atoms with Crippen LogP contribution in [-0.2, 0) is 17.8 Å². The van der Waals surface area contributed by atoms with E-state index in [4.69, 9.17) is 0 Å². The molecule has 0 heterocycles. The summed E-state index contributed by atoms with van der Waals surface area (Å²) in [7, 11) is 1.90. The first-order valence-corrected chi connectivity index (χ1v) is 7.24. The van der Waals surface area contributed by atoms with Gasteiger partial charge in [0.05, 0.1) is 6.42 Å². The van der Waals surface area contributed by atoms with Crippen LogP contribution in [0.5, 0.6) is 0 Å². The minimum atomic E-state index is -0.00953. The Morgan fingerprint density at radius 2 is 1.85 bits per heavy atom. The van der Waals surface area contributed by atoms with Gasteiger partial charge in [0.2, 0.25) is 5.91 Å². The second-order valence-electron chi connectivity index (χ2n) is 4.59. The Labute approximate surface area is 127 Å². The van der Waals surface area contributed by atoms with Gasteiger partial charge in [0.25, 0.3) is 0 Å². The summed E-state index contributed by atoms with van der Waals surface area (Å²) >= 11 is 3.41. The maximum Gasteiger partial charge on any atom is 0.228 e. The summed E-state index contributed by atoms with van der Waals surface area (Å²) in [4.78, 5) is 12.0. The molecule has 0 aliphatic rings. The highest BCUT2D eigenvalue weighted by Crippen LogP contribution is 2.14. The largest absolute Gasteiger partial charge is 0.326 e. The normalized spacial score (nSPS) is 10.3. The van der Waals surface area contributed by atoms with Crippen molar-refractivity contribution in [2.24, 2.45) is 0 Å². The number of carbonyl (C=O) groups excluding carboxylic acids is 1. The molecular weight excluding hydrogens is 316 g/mol. The number of nitrogens with one attached hydrogen (secondary N) is 2. The molecule has 2 aromatic rings. The Bertz CT molecular complexity index is 599. The summed E-state index contributed by atoms with van der Waals surface area (Å²) in [6.07, 6.45) is 0.371. The molecule has 0 saturated heterocycles. The number of halogens is 1. The summed E-state index contributed by atoms with van der Waals surface area (Å²) < 4.78 is 0.985. The van der Waals surface area contributed by atoms with Gasteiger partial charge in [0.1, 0.15) is 0 Å². The van der Waals surface area contributed by atoms with Gasteiger partial charge >= 0.3 is 0 Å². The minimum Gasteiger partial charge on any atom is -0.326 e.